The Morgan fingerprint density at radius 3 is 2.79 bits per heavy atom. The predicted molar refractivity (Wildman–Crippen MR) is 75.5 cm³/mol. The van der Waals surface area contributed by atoms with Crippen LogP contribution in [0.4, 0.5) is 0 Å². The first-order chi connectivity index (χ1) is 9.22. The molecule has 1 rings (SSSR count). The molecule has 19 heavy (non-hydrogen) atoms. The van der Waals surface area contributed by atoms with E-state index in [0.29, 0.717) is 13.2 Å². The Morgan fingerprint density at radius 1 is 1.37 bits per heavy atom. The molecule has 0 heterocycles. The number of ether oxygens (including phenoxy) is 2. The van der Waals surface area contributed by atoms with Gasteiger partial charge in [0.15, 0.2) is 0 Å². The van der Waals surface area contributed by atoms with Crippen molar-refractivity contribution in [2.45, 2.75) is 13.0 Å². The van der Waals surface area contributed by atoms with Crippen molar-refractivity contribution in [3.8, 4) is 0 Å². The SMILES string of the molecule is C=CC(=O)OCCOC(C)CN=Cc1ccccc1. The lowest BCUT2D eigenvalue weighted by molar-refractivity contribution is -0.139. The minimum absolute atomic E-state index is 0.0117. The number of benzene rings is 1. The van der Waals surface area contributed by atoms with Crippen LogP contribution in [0.3, 0.4) is 0 Å². The van der Waals surface area contributed by atoms with E-state index in [4.69, 9.17) is 9.47 Å². The molecule has 0 spiro atoms. The molecule has 0 aliphatic carbocycles. The molecule has 0 bridgehead atoms. The van der Waals surface area contributed by atoms with Gasteiger partial charge in [0.2, 0.25) is 0 Å². The van der Waals surface area contributed by atoms with Gasteiger partial charge in [-0.15, -0.1) is 0 Å². The van der Waals surface area contributed by atoms with E-state index in [0.717, 1.165) is 11.6 Å². The summed E-state index contributed by atoms with van der Waals surface area (Å²) < 4.78 is 10.2. The molecule has 4 heteroatoms. The summed E-state index contributed by atoms with van der Waals surface area (Å²) in [5, 5.41) is 0. The minimum Gasteiger partial charge on any atom is -0.460 e. The summed E-state index contributed by atoms with van der Waals surface area (Å²) in [6.45, 7) is 6.41. The van der Waals surface area contributed by atoms with Crippen molar-refractivity contribution in [2.24, 2.45) is 4.99 Å². The number of carbonyl (C=O) groups is 1. The smallest absolute Gasteiger partial charge is 0.330 e. The second kappa shape index (κ2) is 9.05. The number of aliphatic imine (C=N–C) groups is 1. The summed E-state index contributed by atoms with van der Waals surface area (Å²) in [5.41, 5.74) is 1.06. The second-order valence-electron chi connectivity index (χ2n) is 3.96. The van der Waals surface area contributed by atoms with E-state index >= 15 is 0 Å². The van der Waals surface area contributed by atoms with Crippen molar-refractivity contribution in [3.05, 3.63) is 48.6 Å². The van der Waals surface area contributed by atoms with Crippen molar-refractivity contribution in [1.29, 1.82) is 0 Å². The van der Waals surface area contributed by atoms with Crippen LogP contribution in [0.2, 0.25) is 0 Å². The van der Waals surface area contributed by atoms with Crippen molar-refractivity contribution >= 4 is 12.2 Å². The van der Waals surface area contributed by atoms with Crippen LogP contribution in [0, 0.1) is 0 Å². The summed E-state index contributed by atoms with van der Waals surface area (Å²) in [4.78, 5) is 15.1. The van der Waals surface area contributed by atoms with E-state index < -0.39 is 5.97 Å². The first-order valence-electron chi connectivity index (χ1n) is 6.18. The van der Waals surface area contributed by atoms with Crippen LogP contribution < -0.4 is 0 Å². The fourth-order valence-corrected chi connectivity index (χ4v) is 1.35. The van der Waals surface area contributed by atoms with E-state index in [2.05, 4.69) is 11.6 Å². The van der Waals surface area contributed by atoms with Crippen molar-refractivity contribution in [1.82, 2.24) is 0 Å². The fraction of sp³-hybridized carbons (Fsp3) is 0.333. The third kappa shape index (κ3) is 7.16. The topological polar surface area (TPSA) is 47.9 Å². The quantitative estimate of drug-likeness (QED) is 0.312. The average molecular weight is 261 g/mol. The first kappa shape index (κ1) is 15.1. The Balaban J connectivity index is 2.14. The van der Waals surface area contributed by atoms with Gasteiger partial charge in [-0.25, -0.2) is 4.79 Å². The summed E-state index contributed by atoms with van der Waals surface area (Å²) in [6, 6.07) is 9.88. The molecular formula is C15H19NO3. The normalized spacial score (nSPS) is 12.3. The molecule has 4 nitrogen and oxygen atoms in total. The van der Waals surface area contributed by atoms with Crippen molar-refractivity contribution in [3.63, 3.8) is 0 Å². The van der Waals surface area contributed by atoms with Gasteiger partial charge >= 0.3 is 5.97 Å². The molecule has 0 N–H and O–H groups in total. The Labute approximate surface area is 113 Å². The Kier molecular flexibility index (Phi) is 7.20. The molecular weight excluding hydrogens is 242 g/mol. The van der Waals surface area contributed by atoms with Gasteiger partial charge in [0.05, 0.1) is 19.3 Å². The highest BCUT2D eigenvalue weighted by molar-refractivity contribution is 5.81. The first-order valence-corrected chi connectivity index (χ1v) is 6.18. The minimum atomic E-state index is -0.432. The number of carbonyl (C=O) groups excluding carboxylic acids is 1. The van der Waals surface area contributed by atoms with Crippen LogP contribution in [-0.4, -0.2) is 38.0 Å². The molecule has 1 aromatic carbocycles. The van der Waals surface area contributed by atoms with Crippen LogP contribution in [0.1, 0.15) is 12.5 Å². The van der Waals surface area contributed by atoms with Gasteiger partial charge in [0.25, 0.3) is 0 Å². The van der Waals surface area contributed by atoms with Crippen molar-refractivity contribution in [2.75, 3.05) is 19.8 Å². The maximum absolute atomic E-state index is 10.8. The number of rotatable bonds is 8. The molecule has 0 aromatic heterocycles. The number of nitrogens with zero attached hydrogens (tertiary/aromatic N) is 1. The Bertz CT molecular complexity index is 415. The standard InChI is InChI=1S/C15H19NO3/c1-3-15(17)19-10-9-18-13(2)11-16-12-14-7-5-4-6-8-14/h3-8,12-13H,1,9-11H2,2H3. The molecule has 0 aliphatic rings. The van der Waals surface area contributed by atoms with E-state index in [1.807, 2.05) is 43.5 Å². The lowest BCUT2D eigenvalue weighted by Gasteiger charge is -2.10. The Hall–Kier alpha value is -1.94. The lowest BCUT2D eigenvalue weighted by atomic mass is 10.2. The molecule has 0 radical (unpaired) electrons. The summed E-state index contributed by atoms with van der Waals surface area (Å²) in [7, 11) is 0. The van der Waals surface area contributed by atoms with Gasteiger partial charge in [-0.05, 0) is 12.5 Å². The third-order valence-corrected chi connectivity index (χ3v) is 2.30. The summed E-state index contributed by atoms with van der Waals surface area (Å²) >= 11 is 0. The van der Waals surface area contributed by atoms with Gasteiger partial charge in [0, 0.05) is 12.3 Å². The van der Waals surface area contributed by atoms with E-state index in [9.17, 15) is 4.79 Å². The molecule has 0 amide bonds. The largest absolute Gasteiger partial charge is 0.460 e. The number of hydrogen-bond acceptors (Lipinski definition) is 4. The van der Waals surface area contributed by atoms with Gasteiger partial charge in [-0.2, -0.15) is 0 Å². The van der Waals surface area contributed by atoms with Crippen molar-refractivity contribution < 1.29 is 14.3 Å². The van der Waals surface area contributed by atoms with Crippen LogP contribution >= 0.6 is 0 Å². The highest BCUT2D eigenvalue weighted by Crippen LogP contribution is 1.96. The molecule has 1 unspecified atom stereocenters. The summed E-state index contributed by atoms with van der Waals surface area (Å²) in [5.74, 6) is -0.432. The molecule has 0 aliphatic heterocycles. The van der Waals surface area contributed by atoms with Gasteiger partial charge in [0.1, 0.15) is 6.61 Å². The maximum Gasteiger partial charge on any atom is 0.330 e. The molecule has 0 saturated carbocycles. The number of esters is 1. The molecule has 0 saturated heterocycles. The predicted octanol–water partition coefficient (Wildman–Crippen LogP) is 2.24. The fourth-order valence-electron chi connectivity index (χ4n) is 1.35. The molecule has 1 aromatic rings. The molecule has 0 fully saturated rings. The highest BCUT2D eigenvalue weighted by Gasteiger charge is 2.01. The van der Waals surface area contributed by atoms with Crippen LogP contribution in [-0.2, 0) is 14.3 Å². The van der Waals surface area contributed by atoms with Gasteiger partial charge in [-0.1, -0.05) is 36.9 Å². The molecule has 102 valence electrons. The van der Waals surface area contributed by atoms with Crippen LogP contribution in [0.15, 0.2) is 48.0 Å². The summed E-state index contributed by atoms with van der Waals surface area (Å²) in [6.07, 6.45) is 2.94. The monoisotopic (exact) mass is 261 g/mol. The second-order valence-corrected chi connectivity index (χ2v) is 3.96. The van der Waals surface area contributed by atoms with Gasteiger partial charge in [-0.3, -0.25) is 4.99 Å². The zero-order valence-electron chi connectivity index (χ0n) is 11.1. The van der Waals surface area contributed by atoms with E-state index in [-0.39, 0.29) is 12.7 Å². The van der Waals surface area contributed by atoms with Gasteiger partial charge < -0.3 is 9.47 Å². The average Bonchev–Trinajstić information content (AvgIpc) is 2.44. The van der Waals surface area contributed by atoms with E-state index in [1.165, 1.54) is 0 Å². The molecule has 1 atom stereocenters. The highest BCUT2D eigenvalue weighted by atomic mass is 16.6. The van der Waals surface area contributed by atoms with Crippen LogP contribution in [0.25, 0.3) is 0 Å². The lowest BCUT2D eigenvalue weighted by Crippen LogP contribution is -2.17. The van der Waals surface area contributed by atoms with Crippen LogP contribution in [0.5, 0.6) is 0 Å². The third-order valence-electron chi connectivity index (χ3n) is 2.30. The number of hydrogen-bond donors (Lipinski definition) is 0. The Morgan fingerprint density at radius 2 is 2.11 bits per heavy atom. The zero-order valence-corrected chi connectivity index (χ0v) is 11.1. The zero-order chi connectivity index (χ0) is 13.9. The maximum atomic E-state index is 10.8. The van der Waals surface area contributed by atoms with E-state index in [1.54, 1.807) is 0 Å².